The van der Waals surface area contributed by atoms with E-state index in [0.717, 1.165) is 30.0 Å². The fourth-order valence-electron chi connectivity index (χ4n) is 6.29. The van der Waals surface area contributed by atoms with Gasteiger partial charge in [-0.1, -0.05) is 12.6 Å². The van der Waals surface area contributed by atoms with Crippen LogP contribution in [0.15, 0.2) is 42.3 Å². The number of hydrogen-bond acceptors (Lipinski definition) is 9. The van der Waals surface area contributed by atoms with Crippen LogP contribution in [0.1, 0.15) is 24.1 Å². The maximum Gasteiger partial charge on any atom is 0.318 e. The Morgan fingerprint density at radius 3 is 2.88 bits per heavy atom. The summed E-state index contributed by atoms with van der Waals surface area (Å²) < 4.78 is 21.4. The van der Waals surface area contributed by atoms with Crippen LogP contribution in [0, 0.1) is 11.3 Å². The number of ether oxygens (including phenoxy) is 1. The molecule has 3 aliphatic heterocycles. The number of fused-ring (bicyclic) bond motifs is 2. The number of alkyl halides is 1. The van der Waals surface area contributed by atoms with E-state index in [1.165, 1.54) is 21.8 Å². The van der Waals surface area contributed by atoms with Gasteiger partial charge in [-0.05, 0) is 49.5 Å². The van der Waals surface area contributed by atoms with Crippen LogP contribution in [0.5, 0.6) is 6.01 Å². The number of likely N-dealkylation sites (N-methyl/N-ethyl adjacent to an activating group) is 1. The fourth-order valence-corrected chi connectivity index (χ4v) is 7.09. The van der Waals surface area contributed by atoms with E-state index < -0.39 is 6.17 Å². The molecular formula is C30H34FN7O2S. The lowest BCUT2D eigenvalue weighted by Gasteiger charge is -2.42. The number of amides is 1. The van der Waals surface area contributed by atoms with Crippen molar-refractivity contribution in [3.05, 3.63) is 53.6 Å². The lowest BCUT2D eigenvalue weighted by Crippen LogP contribution is -2.55. The summed E-state index contributed by atoms with van der Waals surface area (Å²) in [7, 11) is 1.91. The summed E-state index contributed by atoms with van der Waals surface area (Å²) in [5.41, 5.74) is 3.17. The van der Waals surface area contributed by atoms with Crippen molar-refractivity contribution in [2.24, 2.45) is 0 Å². The van der Waals surface area contributed by atoms with Gasteiger partial charge in [-0.15, -0.1) is 11.3 Å². The summed E-state index contributed by atoms with van der Waals surface area (Å²) in [4.78, 5) is 30.5. The van der Waals surface area contributed by atoms with Gasteiger partial charge in [0, 0.05) is 60.1 Å². The number of rotatable bonds is 7. The lowest BCUT2D eigenvalue weighted by atomic mass is 10.0. The SMILES string of the molecule is C=CC(=O)N1CCN(c2nc(OC[C@@H]3C[C@@H](F)CN3C)nc3c2CCN(c2cccc4sccc24)C3)C[C@@H]1CC#N. The Kier molecular flexibility index (Phi) is 7.77. The second-order valence-electron chi connectivity index (χ2n) is 11.0. The smallest absolute Gasteiger partial charge is 0.318 e. The van der Waals surface area contributed by atoms with E-state index in [0.29, 0.717) is 45.8 Å². The number of aromatic nitrogens is 2. The average molecular weight is 576 g/mol. The summed E-state index contributed by atoms with van der Waals surface area (Å²) in [5.74, 6) is 0.638. The van der Waals surface area contributed by atoms with Gasteiger partial charge < -0.3 is 19.4 Å². The van der Waals surface area contributed by atoms with Crippen LogP contribution >= 0.6 is 11.3 Å². The number of carbonyl (C=O) groups excluding carboxylic acids is 1. The number of nitriles is 1. The van der Waals surface area contributed by atoms with Gasteiger partial charge in [-0.2, -0.15) is 15.2 Å². The van der Waals surface area contributed by atoms with Gasteiger partial charge in [-0.25, -0.2) is 4.39 Å². The minimum atomic E-state index is -0.853. The van der Waals surface area contributed by atoms with Gasteiger partial charge in [0.05, 0.1) is 30.8 Å². The minimum Gasteiger partial charge on any atom is -0.462 e. The molecule has 214 valence electrons. The first-order valence-corrected chi connectivity index (χ1v) is 15.0. The monoisotopic (exact) mass is 575 g/mol. The van der Waals surface area contributed by atoms with E-state index in [4.69, 9.17) is 14.7 Å². The Bertz CT molecular complexity index is 1490. The highest BCUT2D eigenvalue weighted by atomic mass is 32.1. The predicted octanol–water partition coefficient (Wildman–Crippen LogP) is 3.79. The number of anilines is 2. The largest absolute Gasteiger partial charge is 0.462 e. The van der Waals surface area contributed by atoms with Crippen LogP contribution in [0.2, 0.25) is 0 Å². The second-order valence-corrected chi connectivity index (χ2v) is 11.9. The average Bonchev–Trinajstić information content (AvgIpc) is 3.60. The molecule has 0 bridgehead atoms. The van der Waals surface area contributed by atoms with Crippen LogP contribution in [-0.4, -0.2) is 90.3 Å². The molecule has 1 amide bonds. The number of halogens is 1. The quantitative estimate of drug-likeness (QED) is 0.394. The third-order valence-electron chi connectivity index (χ3n) is 8.45. The van der Waals surface area contributed by atoms with E-state index in [1.807, 2.05) is 11.9 Å². The van der Waals surface area contributed by atoms with Gasteiger partial charge in [0.15, 0.2) is 0 Å². The number of carbonyl (C=O) groups is 1. The topological polar surface area (TPSA) is 88.8 Å². The predicted molar refractivity (Wildman–Crippen MR) is 158 cm³/mol. The number of likely N-dealkylation sites (tertiary alicyclic amines) is 1. The van der Waals surface area contributed by atoms with E-state index in [2.05, 4.69) is 52.1 Å². The fraction of sp³-hybridized carbons (Fsp3) is 0.467. The number of nitrogens with zero attached hydrogens (tertiary/aromatic N) is 7. The van der Waals surface area contributed by atoms with Crippen molar-refractivity contribution in [1.29, 1.82) is 5.26 Å². The third-order valence-corrected chi connectivity index (χ3v) is 9.33. The van der Waals surface area contributed by atoms with E-state index in [1.54, 1.807) is 16.2 Å². The van der Waals surface area contributed by atoms with Crippen molar-refractivity contribution in [2.45, 2.75) is 44.1 Å². The zero-order valence-corrected chi connectivity index (χ0v) is 24.0. The highest BCUT2D eigenvalue weighted by Crippen LogP contribution is 2.36. The summed E-state index contributed by atoms with van der Waals surface area (Å²) in [6.07, 6.45) is 1.87. The van der Waals surface area contributed by atoms with Crippen LogP contribution in [0.4, 0.5) is 15.9 Å². The maximum atomic E-state index is 14.0. The molecule has 0 N–H and O–H groups in total. The summed E-state index contributed by atoms with van der Waals surface area (Å²) >= 11 is 1.73. The molecular weight excluding hydrogens is 541 g/mol. The molecule has 0 spiro atoms. The molecule has 3 aromatic rings. The Labute approximate surface area is 243 Å². The molecule has 1 aromatic carbocycles. The standard InChI is InChI=1S/C30H34FN7O2S/c1-3-28(39)38-13-12-37(17-21(38)7-10-32)29-23-8-11-36(26-5-4-6-27-24(26)9-14-41-27)18-25(23)33-30(34-29)40-19-22-15-20(31)16-35(22)2/h3-6,9,14,20-22H,1,7-8,11-13,15-19H2,2H3/t20-,21+,22+/m1/s1. The Balaban J connectivity index is 1.32. The molecule has 2 fully saturated rings. The number of hydrogen-bond donors (Lipinski definition) is 0. The zero-order chi connectivity index (χ0) is 28.5. The van der Waals surface area contributed by atoms with Crippen LogP contribution in [0.25, 0.3) is 10.1 Å². The van der Waals surface area contributed by atoms with Crippen molar-refractivity contribution >= 4 is 38.8 Å². The van der Waals surface area contributed by atoms with Crippen LogP contribution in [-0.2, 0) is 17.8 Å². The normalized spacial score (nSPS) is 23.0. The first kappa shape index (κ1) is 27.4. The molecule has 0 aliphatic carbocycles. The van der Waals surface area contributed by atoms with Crippen molar-refractivity contribution in [1.82, 2.24) is 19.8 Å². The number of benzene rings is 1. The molecule has 0 unspecified atom stereocenters. The Morgan fingerprint density at radius 1 is 1.22 bits per heavy atom. The summed E-state index contributed by atoms with van der Waals surface area (Å²) in [6, 6.07) is 10.8. The van der Waals surface area contributed by atoms with Gasteiger partial charge in [0.2, 0.25) is 5.91 Å². The molecule has 3 atom stereocenters. The molecule has 5 heterocycles. The van der Waals surface area contributed by atoms with Gasteiger partial charge in [0.25, 0.3) is 0 Å². The van der Waals surface area contributed by atoms with Crippen LogP contribution < -0.4 is 14.5 Å². The van der Waals surface area contributed by atoms with Crippen molar-refractivity contribution in [2.75, 3.05) is 56.2 Å². The second kappa shape index (κ2) is 11.6. The first-order valence-electron chi connectivity index (χ1n) is 14.1. The minimum absolute atomic E-state index is 0.0331. The maximum absolute atomic E-state index is 14.0. The van der Waals surface area contributed by atoms with Crippen molar-refractivity contribution < 1.29 is 13.9 Å². The van der Waals surface area contributed by atoms with E-state index >= 15 is 0 Å². The molecule has 3 aliphatic rings. The highest BCUT2D eigenvalue weighted by molar-refractivity contribution is 7.17. The summed E-state index contributed by atoms with van der Waals surface area (Å²) in [6.45, 7) is 7.32. The molecule has 2 saturated heterocycles. The van der Waals surface area contributed by atoms with Crippen LogP contribution in [0.3, 0.4) is 0 Å². The third kappa shape index (κ3) is 5.46. The van der Waals surface area contributed by atoms with Crippen molar-refractivity contribution in [3.63, 3.8) is 0 Å². The number of piperazine rings is 1. The molecule has 2 aromatic heterocycles. The molecule has 41 heavy (non-hydrogen) atoms. The van der Waals surface area contributed by atoms with Gasteiger partial charge >= 0.3 is 6.01 Å². The molecule has 0 radical (unpaired) electrons. The Morgan fingerprint density at radius 2 is 2.10 bits per heavy atom. The first-order chi connectivity index (χ1) is 19.9. The zero-order valence-electron chi connectivity index (χ0n) is 23.2. The summed E-state index contributed by atoms with van der Waals surface area (Å²) in [5, 5.41) is 12.8. The lowest BCUT2D eigenvalue weighted by molar-refractivity contribution is -0.128. The van der Waals surface area contributed by atoms with Gasteiger partial charge in [0.1, 0.15) is 18.6 Å². The highest BCUT2D eigenvalue weighted by Gasteiger charge is 2.34. The molecule has 11 heteroatoms. The van der Waals surface area contributed by atoms with E-state index in [-0.39, 0.29) is 30.4 Å². The number of thiophene rings is 1. The molecule has 6 rings (SSSR count). The van der Waals surface area contributed by atoms with Crippen molar-refractivity contribution in [3.8, 4) is 12.1 Å². The Hall–Kier alpha value is -3.75. The van der Waals surface area contributed by atoms with Gasteiger partial charge in [-0.3, -0.25) is 9.69 Å². The molecule has 9 nitrogen and oxygen atoms in total. The molecule has 0 saturated carbocycles. The van der Waals surface area contributed by atoms with E-state index in [9.17, 15) is 14.4 Å².